The zero-order chi connectivity index (χ0) is 16.0. The summed E-state index contributed by atoms with van der Waals surface area (Å²) in [6, 6.07) is 9.62. The number of benzene rings is 2. The molecule has 0 N–H and O–H groups in total. The molecule has 4 heteroatoms. The van der Waals surface area contributed by atoms with E-state index >= 15 is 0 Å². The van der Waals surface area contributed by atoms with Crippen LogP contribution in [-0.2, 0) is 12.8 Å². The van der Waals surface area contributed by atoms with Crippen molar-refractivity contribution in [2.75, 3.05) is 7.11 Å². The molecule has 2 aromatic carbocycles. The van der Waals surface area contributed by atoms with Crippen molar-refractivity contribution in [3.63, 3.8) is 0 Å². The first-order valence-corrected chi connectivity index (χ1v) is 7.84. The number of hydrogen-bond acceptors (Lipinski definition) is 1. The zero-order valence-corrected chi connectivity index (χ0v) is 12.9. The molecule has 0 bridgehead atoms. The largest absolute Gasteiger partial charge is 0.497 e. The third-order valence-electron chi connectivity index (χ3n) is 4.63. The van der Waals surface area contributed by atoms with Gasteiger partial charge in [-0.3, -0.25) is 0 Å². The fourth-order valence-electron chi connectivity index (χ4n) is 3.59. The number of fused-ring (bicyclic) bond motifs is 3. The van der Waals surface area contributed by atoms with Gasteiger partial charge in [-0.2, -0.15) is 0 Å². The highest BCUT2D eigenvalue weighted by molar-refractivity contribution is 5.89. The molecule has 4 rings (SSSR count). The quantitative estimate of drug-likeness (QED) is 0.663. The van der Waals surface area contributed by atoms with Gasteiger partial charge in [-0.15, -0.1) is 0 Å². The maximum absolute atomic E-state index is 14.4. The number of hydrogen-bond donors (Lipinski definition) is 0. The van der Waals surface area contributed by atoms with E-state index in [1.807, 2.05) is 22.8 Å². The number of aryl methyl sites for hydroxylation is 1. The first kappa shape index (κ1) is 14.2. The second-order valence-electron chi connectivity index (χ2n) is 5.95. The first-order valence-electron chi connectivity index (χ1n) is 7.84. The summed E-state index contributed by atoms with van der Waals surface area (Å²) < 4.78 is 34.9. The summed E-state index contributed by atoms with van der Waals surface area (Å²) in [5.41, 5.74) is 3.74. The number of nitrogens with zero attached hydrogens (tertiary/aromatic N) is 1. The molecule has 0 unspecified atom stereocenters. The Bertz CT molecular complexity index is 898. The number of rotatable bonds is 2. The van der Waals surface area contributed by atoms with Gasteiger partial charge in [0, 0.05) is 17.1 Å². The van der Waals surface area contributed by atoms with E-state index in [-0.39, 0.29) is 0 Å². The van der Waals surface area contributed by atoms with Gasteiger partial charge >= 0.3 is 0 Å². The van der Waals surface area contributed by atoms with E-state index in [2.05, 4.69) is 0 Å². The monoisotopic (exact) mass is 313 g/mol. The molecule has 1 aromatic heterocycles. The van der Waals surface area contributed by atoms with E-state index in [1.54, 1.807) is 7.11 Å². The third-order valence-corrected chi connectivity index (χ3v) is 4.63. The Labute approximate surface area is 133 Å². The Morgan fingerprint density at radius 2 is 1.83 bits per heavy atom. The lowest BCUT2D eigenvalue weighted by atomic mass is 9.95. The average Bonchev–Trinajstić information content (AvgIpc) is 2.89. The Morgan fingerprint density at radius 3 is 2.61 bits per heavy atom. The van der Waals surface area contributed by atoms with E-state index in [0.29, 0.717) is 5.69 Å². The topological polar surface area (TPSA) is 14.2 Å². The average molecular weight is 313 g/mol. The van der Waals surface area contributed by atoms with E-state index in [1.165, 1.54) is 17.7 Å². The van der Waals surface area contributed by atoms with Crippen LogP contribution in [0, 0.1) is 11.6 Å². The molecule has 23 heavy (non-hydrogen) atoms. The van der Waals surface area contributed by atoms with Crippen LogP contribution in [-0.4, -0.2) is 11.7 Å². The van der Waals surface area contributed by atoms with E-state index in [4.69, 9.17) is 4.74 Å². The van der Waals surface area contributed by atoms with Crippen LogP contribution in [0.25, 0.3) is 16.6 Å². The predicted molar refractivity (Wildman–Crippen MR) is 86.4 cm³/mol. The predicted octanol–water partition coefficient (Wildman–Crippen LogP) is 4.80. The van der Waals surface area contributed by atoms with Crippen LogP contribution in [0.1, 0.15) is 24.1 Å². The van der Waals surface area contributed by atoms with E-state index in [0.717, 1.165) is 54.1 Å². The van der Waals surface area contributed by atoms with Gasteiger partial charge in [-0.1, -0.05) is 0 Å². The number of methoxy groups -OCH3 is 1. The molecule has 0 radical (unpaired) electrons. The second kappa shape index (κ2) is 5.37. The van der Waals surface area contributed by atoms with Crippen molar-refractivity contribution in [1.82, 2.24) is 4.57 Å². The van der Waals surface area contributed by atoms with Crippen molar-refractivity contribution in [2.45, 2.75) is 25.7 Å². The highest BCUT2D eigenvalue weighted by Gasteiger charge is 2.22. The maximum atomic E-state index is 14.4. The number of halogens is 2. The third kappa shape index (κ3) is 2.21. The van der Waals surface area contributed by atoms with Crippen molar-refractivity contribution in [3.05, 3.63) is 59.3 Å². The molecule has 0 aliphatic heterocycles. The molecule has 0 saturated heterocycles. The fraction of sp³-hybridized carbons (Fsp3) is 0.263. The van der Waals surface area contributed by atoms with Crippen LogP contribution in [0.2, 0.25) is 0 Å². The van der Waals surface area contributed by atoms with Gasteiger partial charge in [0.25, 0.3) is 0 Å². The van der Waals surface area contributed by atoms with Crippen molar-refractivity contribution >= 4 is 10.9 Å². The highest BCUT2D eigenvalue weighted by atomic mass is 19.1. The maximum Gasteiger partial charge on any atom is 0.150 e. The summed E-state index contributed by atoms with van der Waals surface area (Å²) in [5.74, 6) is -0.299. The molecule has 1 aliphatic rings. The van der Waals surface area contributed by atoms with Crippen molar-refractivity contribution in [3.8, 4) is 11.4 Å². The molecule has 0 amide bonds. The van der Waals surface area contributed by atoms with Crippen LogP contribution in [0.5, 0.6) is 5.75 Å². The van der Waals surface area contributed by atoms with E-state index in [9.17, 15) is 8.78 Å². The summed E-state index contributed by atoms with van der Waals surface area (Å²) >= 11 is 0. The molecular formula is C19H17F2NO. The lowest BCUT2D eigenvalue weighted by Crippen LogP contribution is -2.08. The van der Waals surface area contributed by atoms with Gasteiger partial charge in [0.15, 0.2) is 0 Å². The molecule has 0 atom stereocenters. The smallest absolute Gasteiger partial charge is 0.150 e. The van der Waals surface area contributed by atoms with Crippen LogP contribution in [0.15, 0.2) is 36.4 Å². The molecule has 118 valence electrons. The summed E-state index contributed by atoms with van der Waals surface area (Å²) in [6.07, 6.45) is 4.11. The number of aromatic nitrogens is 1. The molecular weight excluding hydrogens is 296 g/mol. The van der Waals surface area contributed by atoms with Crippen molar-refractivity contribution < 1.29 is 13.5 Å². The fourth-order valence-corrected chi connectivity index (χ4v) is 3.59. The summed E-state index contributed by atoms with van der Waals surface area (Å²) in [5, 5.41) is 1.10. The normalized spacial score (nSPS) is 14.0. The number of ether oxygens (including phenoxy) is 1. The van der Waals surface area contributed by atoms with Crippen LogP contribution in [0.4, 0.5) is 8.78 Å². The summed E-state index contributed by atoms with van der Waals surface area (Å²) in [7, 11) is 1.64. The Morgan fingerprint density at radius 1 is 1.00 bits per heavy atom. The lowest BCUT2D eigenvalue weighted by Gasteiger charge is -2.16. The van der Waals surface area contributed by atoms with Crippen LogP contribution >= 0.6 is 0 Å². The van der Waals surface area contributed by atoms with Gasteiger partial charge < -0.3 is 9.30 Å². The highest BCUT2D eigenvalue weighted by Crippen LogP contribution is 2.36. The minimum Gasteiger partial charge on any atom is -0.497 e. The first-order chi connectivity index (χ1) is 11.2. The molecule has 1 heterocycles. The standard InChI is InChI=1S/C19H17F2NO/c1-23-13-7-9-18-15(11-13)14-4-2-3-5-17(14)22(18)19-8-6-12(20)10-16(19)21/h6-11H,2-5H2,1H3. The van der Waals surface area contributed by atoms with Gasteiger partial charge in [0.1, 0.15) is 17.4 Å². The Kier molecular flexibility index (Phi) is 3.33. The van der Waals surface area contributed by atoms with Gasteiger partial charge in [0.2, 0.25) is 0 Å². The lowest BCUT2D eigenvalue weighted by molar-refractivity contribution is 0.415. The molecule has 2 nitrogen and oxygen atoms in total. The minimum absolute atomic E-state index is 0.407. The van der Waals surface area contributed by atoms with E-state index < -0.39 is 11.6 Å². The Hall–Kier alpha value is -2.36. The SMILES string of the molecule is COc1ccc2c(c1)c1c(n2-c2ccc(F)cc2F)CCCC1. The molecule has 0 saturated carbocycles. The minimum atomic E-state index is -0.557. The molecule has 0 spiro atoms. The second-order valence-corrected chi connectivity index (χ2v) is 5.95. The zero-order valence-electron chi connectivity index (χ0n) is 12.9. The molecule has 3 aromatic rings. The van der Waals surface area contributed by atoms with Crippen molar-refractivity contribution in [1.29, 1.82) is 0 Å². The molecule has 1 aliphatic carbocycles. The van der Waals surface area contributed by atoms with Crippen LogP contribution in [0.3, 0.4) is 0 Å². The van der Waals surface area contributed by atoms with Crippen LogP contribution < -0.4 is 4.74 Å². The van der Waals surface area contributed by atoms with Gasteiger partial charge in [0.05, 0.1) is 18.3 Å². The van der Waals surface area contributed by atoms with Gasteiger partial charge in [-0.25, -0.2) is 8.78 Å². The van der Waals surface area contributed by atoms with Crippen molar-refractivity contribution in [2.24, 2.45) is 0 Å². The summed E-state index contributed by atoms with van der Waals surface area (Å²) in [4.78, 5) is 0. The van der Waals surface area contributed by atoms with Gasteiger partial charge in [-0.05, 0) is 61.6 Å². The molecule has 0 fully saturated rings. The summed E-state index contributed by atoms with van der Waals surface area (Å²) in [6.45, 7) is 0. The Balaban J connectivity index is 2.05.